The maximum atomic E-state index is 13.6. The number of sulfonamides is 1. The van der Waals surface area contributed by atoms with Crippen LogP contribution in [0.5, 0.6) is 0 Å². The number of carbonyl (C=O) groups excluding carboxylic acids is 2. The highest BCUT2D eigenvalue weighted by atomic mass is 35.5. The molecule has 0 bridgehead atoms. The fourth-order valence-corrected chi connectivity index (χ4v) is 6.27. The van der Waals surface area contributed by atoms with Gasteiger partial charge in [-0.25, -0.2) is 8.42 Å². The van der Waals surface area contributed by atoms with Crippen molar-refractivity contribution in [2.75, 3.05) is 17.1 Å². The van der Waals surface area contributed by atoms with Gasteiger partial charge in [-0.1, -0.05) is 61.7 Å². The summed E-state index contributed by atoms with van der Waals surface area (Å²) in [5.41, 5.74) is 3.32. The molecule has 1 saturated carbocycles. The summed E-state index contributed by atoms with van der Waals surface area (Å²) >= 11 is 6.15. The van der Waals surface area contributed by atoms with Gasteiger partial charge in [0.2, 0.25) is 21.8 Å². The van der Waals surface area contributed by atoms with E-state index >= 15 is 0 Å². The molecule has 9 heteroatoms. The lowest BCUT2D eigenvalue weighted by atomic mass is 10.0. The molecule has 0 radical (unpaired) electrons. The molecule has 3 rings (SSSR count). The standard InChI is InChI=1S/C29H40ClN3O4S/c1-5-26(29(35)31-25-13-8-9-14-25)32(20-23-12-7-6-11-21(23)2)28(34)15-10-18-33(38(4,36)37)27-19-24(30)17-16-22(27)3/h6-7,11-12,16-17,19,25-26H,5,8-10,13-15,18,20H2,1-4H3,(H,31,35)/t26-/m0/s1. The number of hydrogen-bond acceptors (Lipinski definition) is 4. The summed E-state index contributed by atoms with van der Waals surface area (Å²) in [6.45, 7) is 6.20. The van der Waals surface area contributed by atoms with Crippen molar-refractivity contribution in [3.8, 4) is 0 Å². The Balaban J connectivity index is 1.79. The average molecular weight is 562 g/mol. The Hall–Kier alpha value is -2.58. The third kappa shape index (κ3) is 7.96. The van der Waals surface area contributed by atoms with Crippen molar-refractivity contribution >= 4 is 39.1 Å². The molecule has 2 aromatic carbocycles. The number of nitrogens with zero attached hydrogens (tertiary/aromatic N) is 2. The van der Waals surface area contributed by atoms with Crippen LogP contribution in [-0.2, 0) is 26.2 Å². The summed E-state index contributed by atoms with van der Waals surface area (Å²) in [6.07, 6.45) is 6.23. The molecule has 1 aliphatic rings. The highest BCUT2D eigenvalue weighted by molar-refractivity contribution is 7.92. The van der Waals surface area contributed by atoms with Gasteiger partial charge in [-0.05, 0) is 68.4 Å². The first-order valence-corrected chi connectivity index (χ1v) is 15.6. The Morgan fingerprint density at radius 3 is 2.39 bits per heavy atom. The Bertz CT molecular complexity index is 1230. The van der Waals surface area contributed by atoms with Gasteiger partial charge in [0.1, 0.15) is 6.04 Å². The molecule has 1 fully saturated rings. The van der Waals surface area contributed by atoms with Gasteiger partial charge in [0.15, 0.2) is 0 Å². The van der Waals surface area contributed by atoms with Crippen LogP contribution in [-0.4, -0.2) is 50.0 Å². The van der Waals surface area contributed by atoms with Crippen LogP contribution < -0.4 is 9.62 Å². The number of rotatable bonds is 12. The van der Waals surface area contributed by atoms with Gasteiger partial charge in [0.25, 0.3) is 0 Å². The molecule has 38 heavy (non-hydrogen) atoms. The van der Waals surface area contributed by atoms with Crippen molar-refractivity contribution in [1.29, 1.82) is 0 Å². The zero-order chi connectivity index (χ0) is 27.9. The first-order valence-electron chi connectivity index (χ1n) is 13.4. The van der Waals surface area contributed by atoms with Gasteiger partial charge < -0.3 is 10.2 Å². The maximum absolute atomic E-state index is 13.6. The zero-order valence-corrected chi connectivity index (χ0v) is 24.4. The topological polar surface area (TPSA) is 86.8 Å². The summed E-state index contributed by atoms with van der Waals surface area (Å²) in [5, 5.41) is 3.60. The highest BCUT2D eigenvalue weighted by Gasteiger charge is 2.31. The van der Waals surface area contributed by atoms with Crippen molar-refractivity contribution < 1.29 is 18.0 Å². The van der Waals surface area contributed by atoms with E-state index in [1.54, 1.807) is 23.1 Å². The molecule has 7 nitrogen and oxygen atoms in total. The summed E-state index contributed by atoms with van der Waals surface area (Å²) in [4.78, 5) is 28.6. The molecule has 0 heterocycles. The van der Waals surface area contributed by atoms with Crippen LogP contribution in [0.1, 0.15) is 68.6 Å². The highest BCUT2D eigenvalue weighted by Crippen LogP contribution is 2.27. The number of nitrogens with one attached hydrogen (secondary N) is 1. The van der Waals surface area contributed by atoms with Gasteiger partial charge in [-0.2, -0.15) is 0 Å². The molecule has 208 valence electrons. The Labute approximate surface area is 232 Å². The van der Waals surface area contributed by atoms with Crippen LogP contribution in [0.3, 0.4) is 0 Å². The molecule has 0 saturated heterocycles. The van der Waals surface area contributed by atoms with Crippen LogP contribution in [0.4, 0.5) is 5.69 Å². The second-order valence-electron chi connectivity index (χ2n) is 10.2. The van der Waals surface area contributed by atoms with Crippen molar-refractivity contribution in [3.63, 3.8) is 0 Å². The van der Waals surface area contributed by atoms with E-state index in [1.165, 1.54) is 4.31 Å². The number of hydrogen-bond donors (Lipinski definition) is 1. The number of halogens is 1. The smallest absolute Gasteiger partial charge is 0.243 e. The maximum Gasteiger partial charge on any atom is 0.243 e. The van der Waals surface area contributed by atoms with Crippen LogP contribution >= 0.6 is 11.6 Å². The monoisotopic (exact) mass is 561 g/mol. The van der Waals surface area contributed by atoms with Crippen molar-refractivity contribution in [2.24, 2.45) is 0 Å². The minimum atomic E-state index is -3.59. The van der Waals surface area contributed by atoms with Gasteiger partial charge in [0.05, 0.1) is 11.9 Å². The predicted octanol–water partition coefficient (Wildman–Crippen LogP) is 5.37. The molecule has 0 unspecified atom stereocenters. The van der Waals surface area contributed by atoms with Gasteiger partial charge >= 0.3 is 0 Å². The molecule has 0 spiro atoms. The summed E-state index contributed by atoms with van der Waals surface area (Å²) in [7, 11) is -3.59. The summed E-state index contributed by atoms with van der Waals surface area (Å²) in [6, 6.07) is 12.5. The molecule has 2 aromatic rings. The predicted molar refractivity (Wildman–Crippen MR) is 154 cm³/mol. The molecule has 1 N–H and O–H groups in total. The van der Waals surface area contributed by atoms with Crippen LogP contribution in [0.25, 0.3) is 0 Å². The quantitative estimate of drug-likeness (QED) is 0.377. The lowest BCUT2D eigenvalue weighted by molar-refractivity contribution is -0.141. The molecule has 1 aliphatic carbocycles. The van der Waals surface area contributed by atoms with E-state index in [9.17, 15) is 18.0 Å². The Kier molecular flexibility index (Phi) is 10.6. The average Bonchev–Trinajstić information content (AvgIpc) is 3.36. The van der Waals surface area contributed by atoms with Crippen molar-refractivity contribution in [1.82, 2.24) is 10.2 Å². The van der Waals surface area contributed by atoms with E-state index in [-0.39, 0.29) is 30.8 Å². The fourth-order valence-electron chi connectivity index (χ4n) is 5.09. The van der Waals surface area contributed by atoms with Crippen LogP contribution in [0.2, 0.25) is 5.02 Å². The van der Waals surface area contributed by atoms with Crippen molar-refractivity contribution in [3.05, 3.63) is 64.2 Å². The first-order chi connectivity index (χ1) is 18.0. The Morgan fingerprint density at radius 1 is 1.08 bits per heavy atom. The van der Waals surface area contributed by atoms with E-state index in [0.29, 0.717) is 30.1 Å². The lowest BCUT2D eigenvalue weighted by Crippen LogP contribution is -2.51. The zero-order valence-electron chi connectivity index (χ0n) is 22.9. The minimum Gasteiger partial charge on any atom is -0.352 e. The summed E-state index contributed by atoms with van der Waals surface area (Å²) in [5.74, 6) is -0.286. The van der Waals surface area contributed by atoms with Gasteiger partial charge in [-0.15, -0.1) is 0 Å². The largest absolute Gasteiger partial charge is 0.352 e. The van der Waals surface area contributed by atoms with E-state index < -0.39 is 16.1 Å². The second-order valence-corrected chi connectivity index (χ2v) is 12.6. The van der Waals surface area contributed by atoms with Gasteiger partial charge in [-0.3, -0.25) is 13.9 Å². The van der Waals surface area contributed by atoms with Crippen LogP contribution in [0.15, 0.2) is 42.5 Å². The number of benzene rings is 2. The summed E-state index contributed by atoms with van der Waals surface area (Å²) < 4.78 is 26.6. The van der Waals surface area contributed by atoms with E-state index in [4.69, 9.17) is 11.6 Å². The molecule has 0 aliphatic heterocycles. The third-order valence-corrected chi connectivity index (χ3v) is 8.70. The third-order valence-electron chi connectivity index (χ3n) is 7.28. The second kappa shape index (κ2) is 13.5. The van der Waals surface area contributed by atoms with E-state index in [0.717, 1.165) is 48.6 Å². The van der Waals surface area contributed by atoms with Crippen molar-refractivity contribution in [2.45, 2.75) is 84.3 Å². The number of anilines is 1. The molecule has 2 amide bonds. The normalized spacial score (nSPS) is 14.8. The van der Waals surface area contributed by atoms with E-state index in [2.05, 4.69) is 5.32 Å². The molecule has 1 atom stereocenters. The van der Waals surface area contributed by atoms with Gasteiger partial charge in [0, 0.05) is 30.6 Å². The fraction of sp³-hybridized carbons (Fsp3) is 0.517. The molecule has 0 aromatic heterocycles. The number of carbonyl (C=O) groups is 2. The lowest BCUT2D eigenvalue weighted by Gasteiger charge is -2.32. The SMILES string of the molecule is CC[C@@H](C(=O)NC1CCCC1)N(Cc1ccccc1C)C(=O)CCCN(c1cc(Cl)ccc1C)S(C)(=O)=O. The molecular weight excluding hydrogens is 522 g/mol. The minimum absolute atomic E-state index is 0.116. The molecular formula is C29H40ClN3O4S. The number of amides is 2. The first kappa shape index (κ1) is 30.0. The van der Waals surface area contributed by atoms with Crippen LogP contribution in [0, 0.1) is 13.8 Å². The Morgan fingerprint density at radius 2 is 1.76 bits per heavy atom. The van der Waals surface area contributed by atoms with E-state index in [1.807, 2.05) is 45.0 Å². The number of aryl methyl sites for hydroxylation is 2.